The number of hydrogen-bond acceptors (Lipinski definition) is 8. The molecule has 0 atom stereocenters. The first-order chi connectivity index (χ1) is 22.6. The van der Waals surface area contributed by atoms with Crippen molar-refractivity contribution >= 4 is 23.5 Å². The minimum absolute atomic E-state index is 0.806. The lowest BCUT2D eigenvalue weighted by Crippen LogP contribution is -1.87. The highest BCUT2D eigenvalue weighted by atomic mass is 32.2. The molecule has 0 radical (unpaired) electrons. The van der Waals surface area contributed by atoms with Crippen molar-refractivity contribution in [2.24, 2.45) is 0 Å². The topological polar surface area (TPSA) is 94.3 Å². The van der Waals surface area contributed by atoms with E-state index in [0.717, 1.165) is 89.8 Å². The van der Waals surface area contributed by atoms with Crippen LogP contribution in [0.15, 0.2) is 107 Å². The van der Waals surface area contributed by atoms with Crippen molar-refractivity contribution in [3.05, 3.63) is 97.1 Å². The Bertz CT molecular complexity index is 1600. The fourth-order valence-corrected chi connectivity index (χ4v) is 6.68. The maximum absolute atomic E-state index is 5.37. The summed E-state index contributed by atoms with van der Waals surface area (Å²) in [6, 6.07) is 32.0. The van der Waals surface area contributed by atoms with Gasteiger partial charge >= 0.3 is 0 Å². The second-order valence-corrected chi connectivity index (χ2v) is 12.3. The smallest absolute Gasteiger partial charge is 0.166 e. The van der Waals surface area contributed by atoms with Gasteiger partial charge in [0.2, 0.25) is 0 Å². The highest BCUT2D eigenvalue weighted by Crippen LogP contribution is 2.36. The molecular weight excluding hydrogens is 617 g/mol. The normalized spacial score (nSPS) is 11.0. The number of hydrogen-bond donors (Lipinski definition) is 2. The van der Waals surface area contributed by atoms with Crippen molar-refractivity contribution in [3.63, 3.8) is 0 Å². The highest BCUT2D eigenvalue weighted by Gasteiger charge is 2.17. The summed E-state index contributed by atoms with van der Waals surface area (Å²) in [6.45, 7) is 0. The van der Waals surface area contributed by atoms with Crippen LogP contribution in [0.4, 0.5) is 0 Å². The molecule has 234 valence electrons. The molecule has 2 N–H and O–H groups in total. The van der Waals surface area contributed by atoms with Crippen molar-refractivity contribution in [2.75, 3.05) is 39.9 Å². The molecule has 0 aliphatic heterocycles. The minimum atomic E-state index is 0.806. The monoisotopic (exact) mass is 650 g/mol. The van der Waals surface area contributed by atoms with Crippen LogP contribution >= 0.6 is 23.5 Å². The van der Waals surface area contributed by atoms with Gasteiger partial charge in [0.15, 0.2) is 10.3 Å². The zero-order valence-electron chi connectivity index (χ0n) is 26.0. The van der Waals surface area contributed by atoms with Crippen molar-refractivity contribution in [1.29, 1.82) is 0 Å². The molecule has 4 aromatic carbocycles. The summed E-state index contributed by atoms with van der Waals surface area (Å²) in [5.41, 5.74) is 7.80. The van der Waals surface area contributed by atoms with Gasteiger partial charge in [-0.1, -0.05) is 23.5 Å². The van der Waals surface area contributed by atoms with E-state index in [1.54, 1.807) is 52.0 Å². The molecule has 0 spiro atoms. The fourth-order valence-electron chi connectivity index (χ4n) is 4.97. The molecule has 8 nitrogen and oxygen atoms in total. The third-order valence-electron chi connectivity index (χ3n) is 7.41. The van der Waals surface area contributed by atoms with Gasteiger partial charge in [-0.25, -0.2) is 9.97 Å². The molecule has 2 heterocycles. The van der Waals surface area contributed by atoms with Crippen molar-refractivity contribution in [3.8, 4) is 68.0 Å². The molecule has 0 aliphatic carbocycles. The number of nitrogens with zero attached hydrogens (tertiary/aromatic N) is 2. The molecule has 2 aromatic heterocycles. The lowest BCUT2D eigenvalue weighted by molar-refractivity contribution is 0.414. The summed E-state index contributed by atoms with van der Waals surface area (Å²) in [7, 11) is 6.68. The van der Waals surface area contributed by atoms with Crippen LogP contribution in [-0.4, -0.2) is 59.9 Å². The zero-order chi connectivity index (χ0) is 31.9. The Hall–Kier alpha value is -4.80. The Morgan fingerprint density at radius 3 is 1.00 bits per heavy atom. The van der Waals surface area contributed by atoms with E-state index in [1.165, 1.54) is 0 Å². The van der Waals surface area contributed by atoms with E-state index in [1.807, 2.05) is 97.1 Å². The van der Waals surface area contributed by atoms with E-state index in [2.05, 4.69) is 9.97 Å². The number of nitrogens with one attached hydrogen (secondary N) is 2. The average Bonchev–Trinajstić information content (AvgIpc) is 3.75. The second kappa shape index (κ2) is 14.5. The molecule has 0 amide bonds. The maximum Gasteiger partial charge on any atom is 0.166 e. The summed E-state index contributed by atoms with van der Waals surface area (Å²) < 4.78 is 21.5. The number of benzene rings is 4. The molecule has 46 heavy (non-hydrogen) atoms. The van der Waals surface area contributed by atoms with Crippen LogP contribution < -0.4 is 18.9 Å². The Balaban J connectivity index is 1.20. The number of ether oxygens (including phenoxy) is 4. The SMILES string of the molecule is COc1ccc(-c2nc(SCCSc3nc(-c4ccc(OC)cc4)c(-c4ccc(OC)cc4)[nH]3)[nH]c2-c2ccc(OC)cc2)cc1. The minimum Gasteiger partial charge on any atom is -0.497 e. The van der Waals surface area contributed by atoms with Crippen LogP contribution in [0.2, 0.25) is 0 Å². The fraction of sp³-hybridized carbons (Fsp3) is 0.167. The Kier molecular flexibility index (Phi) is 9.85. The van der Waals surface area contributed by atoms with Gasteiger partial charge in [-0.3, -0.25) is 0 Å². The van der Waals surface area contributed by atoms with Crippen molar-refractivity contribution < 1.29 is 18.9 Å². The predicted octanol–water partition coefficient (Wildman–Crippen LogP) is 8.72. The molecular formula is C36H34N4O4S2. The van der Waals surface area contributed by atoms with E-state index in [-0.39, 0.29) is 0 Å². The Morgan fingerprint density at radius 1 is 0.435 bits per heavy atom. The van der Waals surface area contributed by atoms with Gasteiger partial charge in [-0.2, -0.15) is 0 Å². The number of aromatic amines is 2. The summed E-state index contributed by atoms with van der Waals surface area (Å²) in [5.74, 6) is 4.89. The molecule has 6 aromatic rings. The Labute approximate surface area is 276 Å². The molecule has 6 rings (SSSR count). The van der Waals surface area contributed by atoms with E-state index in [0.29, 0.717) is 0 Å². The van der Waals surface area contributed by atoms with Crippen LogP contribution in [-0.2, 0) is 0 Å². The number of imidazole rings is 2. The van der Waals surface area contributed by atoms with E-state index < -0.39 is 0 Å². The third kappa shape index (κ3) is 7.03. The second-order valence-electron chi connectivity index (χ2n) is 10.1. The quantitative estimate of drug-likeness (QED) is 0.0947. The largest absolute Gasteiger partial charge is 0.497 e. The van der Waals surface area contributed by atoms with Crippen molar-refractivity contribution in [1.82, 2.24) is 19.9 Å². The third-order valence-corrected chi connectivity index (χ3v) is 9.42. The first kappa shape index (κ1) is 31.2. The number of thioether (sulfide) groups is 2. The van der Waals surface area contributed by atoms with Gasteiger partial charge in [0.25, 0.3) is 0 Å². The number of H-pyrrole nitrogens is 2. The highest BCUT2D eigenvalue weighted by molar-refractivity contribution is 8.02. The number of rotatable bonds is 13. The summed E-state index contributed by atoms with van der Waals surface area (Å²) in [6.07, 6.45) is 0. The molecule has 0 saturated heterocycles. The van der Waals surface area contributed by atoms with Gasteiger partial charge in [0, 0.05) is 33.8 Å². The standard InChI is InChI=1S/C36H34N4O4S2/c1-41-27-13-5-23(6-14-27)31-32(24-7-15-28(42-2)16-8-24)38-35(37-31)45-21-22-46-36-39-33(25-9-17-29(43-3)18-10-25)34(40-36)26-11-19-30(44-4)20-12-26/h5-20H,21-22H2,1-4H3,(H,37,38)(H,39,40). The first-order valence-corrected chi connectivity index (χ1v) is 16.6. The molecule has 0 fully saturated rings. The van der Waals surface area contributed by atoms with Gasteiger partial charge in [0.1, 0.15) is 23.0 Å². The molecule has 0 saturated carbocycles. The van der Waals surface area contributed by atoms with E-state index in [9.17, 15) is 0 Å². The number of aromatic nitrogens is 4. The van der Waals surface area contributed by atoms with E-state index in [4.69, 9.17) is 28.9 Å². The van der Waals surface area contributed by atoms with Crippen LogP contribution in [0.1, 0.15) is 0 Å². The lowest BCUT2D eigenvalue weighted by Gasteiger charge is -2.06. The van der Waals surface area contributed by atoms with Gasteiger partial charge < -0.3 is 28.9 Å². The van der Waals surface area contributed by atoms with Gasteiger partial charge in [-0.05, 0) is 97.1 Å². The van der Waals surface area contributed by atoms with Gasteiger partial charge in [0.05, 0.1) is 51.2 Å². The van der Waals surface area contributed by atoms with Crippen LogP contribution in [0.25, 0.3) is 45.0 Å². The average molecular weight is 651 g/mol. The van der Waals surface area contributed by atoms with Crippen molar-refractivity contribution in [2.45, 2.75) is 10.3 Å². The lowest BCUT2D eigenvalue weighted by atomic mass is 10.0. The van der Waals surface area contributed by atoms with Crippen LogP contribution in [0.3, 0.4) is 0 Å². The summed E-state index contributed by atoms with van der Waals surface area (Å²) in [5, 5.41) is 1.71. The summed E-state index contributed by atoms with van der Waals surface area (Å²) in [4.78, 5) is 17.1. The first-order valence-electron chi connectivity index (χ1n) is 14.6. The predicted molar refractivity (Wildman–Crippen MR) is 187 cm³/mol. The van der Waals surface area contributed by atoms with Crippen LogP contribution in [0.5, 0.6) is 23.0 Å². The zero-order valence-corrected chi connectivity index (χ0v) is 27.6. The molecule has 0 unspecified atom stereocenters. The molecule has 10 heteroatoms. The maximum atomic E-state index is 5.37. The molecule has 0 aliphatic rings. The van der Waals surface area contributed by atoms with Gasteiger partial charge in [-0.15, -0.1) is 0 Å². The summed E-state index contributed by atoms with van der Waals surface area (Å²) >= 11 is 3.37. The van der Waals surface area contributed by atoms with E-state index >= 15 is 0 Å². The molecule has 0 bridgehead atoms. The van der Waals surface area contributed by atoms with Crippen LogP contribution in [0, 0.1) is 0 Å². The Morgan fingerprint density at radius 2 is 0.717 bits per heavy atom. The number of methoxy groups -OCH3 is 4.